The second kappa shape index (κ2) is 6.53. The highest BCUT2D eigenvalue weighted by atomic mass is 16.5. The third-order valence-corrected chi connectivity index (χ3v) is 3.88. The lowest BCUT2D eigenvalue weighted by Crippen LogP contribution is -2.17. The van der Waals surface area contributed by atoms with Gasteiger partial charge in [0.05, 0.1) is 0 Å². The molecule has 0 bridgehead atoms. The fourth-order valence-electron chi connectivity index (χ4n) is 2.42. The molecule has 0 heterocycles. The zero-order valence-electron chi connectivity index (χ0n) is 11.2. The zero-order valence-corrected chi connectivity index (χ0v) is 11.2. The van der Waals surface area contributed by atoms with Crippen molar-refractivity contribution in [2.45, 2.75) is 44.4 Å². The largest absolute Gasteiger partial charge is 0.289 e. The van der Waals surface area contributed by atoms with Crippen LogP contribution in [0.15, 0.2) is 30.8 Å². The predicted octanol–water partition coefficient (Wildman–Crippen LogP) is 3.64. The summed E-state index contributed by atoms with van der Waals surface area (Å²) in [6.45, 7) is 4.10. The van der Waals surface area contributed by atoms with Gasteiger partial charge in [0.15, 0.2) is 0 Å². The molecular weight excluding hydrogens is 238 g/mol. The maximum atomic E-state index is 10.9. The molecular formula is C16H21NO2. The van der Waals surface area contributed by atoms with Crippen LogP contribution < -0.4 is 5.48 Å². The number of carbonyl (C=O) groups is 1. The second-order valence-corrected chi connectivity index (χ2v) is 5.25. The number of allylic oxidation sites excluding steroid dienone is 1. The Balaban J connectivity index is 1.89. The van der Waals surface area contributed by atoms with Crippen molar-refractivity contribution in [2.75, 3.05) is 0 Å². The van der Waals surface area contributed by atoms with Gasteiger partial charge in [0.25, 0.3) is 0 Å². The van der Waals surface area contributed by atoms with Crippen LogP contribution in [-0.4, -0.2) is 11.1 Å². The van der Waals surface area contributed by atoms with Gasteiger partial charge in [0.1, 0.15) is 0 Å². The highest BCUT2D eigenvalue weighted by Crippen LogP contribution is 2.37. The molecule has 0 aliphatic heterocycles. The average Bonchev–Trinajstić information content (AvgIpc) is 2.36. The highest BCUT2D eigenvalue weighted by Gasteiger charge is 2.19. The number of nitrogens with one attached hydrogen (secondary N) is 1. The van der Waals surface area contributed by atoms with Crippen LogP contribution >= 0.6 is 0 Å². The molecule has 1 aliphatic rings. The molecule has 0 aromatic heterocycles. The first-order valence-corrected chi connectivity index (χ1v) is 6.91. The Hall–Kier alpha value is -1.61. The van der Waals surface area contributed by atoms with E-state index in [9.17, 15) is 4.79 Å². The fraction of sp³-hybridized carbons (Fsp3) is 0.438. The summed E-state index contributed by atoms with van der Waals surface area (Å²) in [6.07, 6.45) is 5.75. The molecule has 0 radical (unpaired) electrons. The first-order chi connectivity index (χ1) is 9.20. The molecule has 1 aliphatic carbocycles. The average molecular weight is 259 g/mol. The van der Waals surface area contributed by atoms with Gasteiger partial charge in [-0.2, -0.15) is 0 Å². The van der Waals surface area contributed by atoms with Crippen LogP contribution in [0.5, 0.6) is 0 Å². The van der Waals surface area contributed by atoms with Crippen molar-refractivity contribution in [3.8, 4) is 0 Å². The molecule has 3 heteroatoms. The number of amides is 1. The van der Waals surface area contributed by atoms with Gasteiger partial charge in [-0.05, 0) is 48.3 Å². The highest BCUT2D eigenvalue weighted by molar-refractivity contribution is 5.75. The number of benzene rings is 1. The van der Waals surface area contributed by atoms with Gasteiger partial charge in [-0.1, -0.05) is 37.3 Å². The van der Waals surface area contributed by atoms with E-state index in [1.54, 1.807) is 5.48 Å². The van der Waals surface area contributed by atoms with E-state index < -0.39 is 0 Å². The van der Waals surface area contributed by atoms with E-state index in [1.807, 2.05) is 0 Å². The number of rotatable bonds is 6. The van der Waals surface area contributed by atoms with Crippen molar-refractivity contribution >= 4 is 11.5 Å². The summed E-state index contributed by atoms with van der Waals surface area (Å²) < 4.78 is 0. The number of hydrogen-bond donors (Lipinski definition) is 2. The van der Waals surface area contributed by atoms with Crippen molar-refractivity contribution in [3.63, 3.8) is 0 Å². The van der Waals surface area contributed by atoms with E-state index in [0.29, 0.717) is 12.8 Å². The molecule has 0 atom stereocenters. The molecule has 1 saturated carbocycles. The lowest BCUT2D eigenvalue weighted by atomic mass is 9.79. The van der Waals surface area contributed by atoms with E-state index in [0.717, 1.165) is 17.9 Å². The lowest BCUT2D eigenvalue weighted by molar-refractivity contribution is -0.129. The predicted molar refractivity (Wildman–Crippen MR) is 75.8 cm³/mol. The Kier molecular flexibility index (Phi) is 4.74. The van der Waals surface area contributed by atoms with Crippen LogP contribution in [0.4, 0.5) is 0 Å². The van der Waals surface area contributed by atoms with Gasteiger partial charge in [0, 0.05) is 6.42 Å². The number of hydrogen-bond acceptors (Lipinski definition) is 2. The maximum absolute atomic E-state index is 10.9. The number of carbonyl (C=O) groups excluding carboxylic acids is 1. The molecule has 1 amide bonds. The summed E-state index contributed by atoms with van der Waals surface area (Å²) in [7, 11) is 0. The van der Waals surface area contributed by atoms with E-state index in [2.05, 4.69) is 30.8 Å². The van der Waals surface area contributed by atoms with Gasteiger partial charge >= 0.3 is 0 Å². The van der Waals surface area contributed by atoms with Gasteiger partial charge in [0.2, 0.25) is 5.91 Å². The van der Waals surface area contributed by atoms with Crippen LogP contribution in [0, 0.1) is 0 Å². The summed E-state index contributed by atoms with van der Waals surface area (Å²) in [5, 5.41) is 8.43. The molecule has 102 valence electrons. The third kappa shape index (κ3) is 3.67. The quantitative estimate of drug-likeness (QED) is 0.605. The van der Waals surface area contributed by atoms with Crippen molar-refractivity contribution < 1.29 is 10.0 Å². The van der Waals surface area contributed by atoms with Gasteiger partial charge in [-0.3, -0.25) is 10.0 Å². The molecule has 1 aromatic rings. The molecule has 0 unspecified atom stereocenters. The smallest absolute Gasteiger partial charge is 0.243 e. The molecule has 1 fully saturated rings. The number of hydroxylamine groups is 1. The topological polar surface area (TPSA) is 49.3 Å². The molecule has 1 aromatic carbocycles. The molecule has 0 spiro atoms. The molecule has 3 nitrogen and oxygen atoms in total. The van der Waals surface area contributed by atoms with Crippen molar-refractivity contribution in [2.24, 2.45) is 0 Å². The minimum atomic E-state index is -0.337. The Bertz CT molecular complexity index is 464. The van der Waals surface area contributed by atoms with Crippen LogP contribution in [0.2, 0.25) is 0 Å². The summed E-state index contributed by atoms with van der Waals surface area (Å²) in [6, 6.07) is 8.60. The summed E-state index contributed by atoms with van der Waals surface area (Å²) >= 11 is 0. The first-order valence-electron chi connectivity index (χ1n) is 6.91. The van der Waals surface area contributed by atoms with Gasteiger partial charge in [-0.25, -0.2) is 5.48 Å². The summed E-state index contributed by atoms with van der Waals surface area (Å²) in [5.41, 5.74) is 5.30. The van der Waals surface area contributed by atoms with Gasteiger partial charge < -0.3 is 0 Å². The third-order valence-electron chi connectivity index (χ3n) is 3.88. The summed E-state index contributed by atoms with van der Waals surface area (Å²) in [4.78, 5) is 10.9. The van der Waals surface area contributed by atoms with E-state index in [-0.39, 0.29) is 5.91 Å². The Morgan fingerprint density at radius 3 is 2.79 bits per heavy atom. The molecule has 2 N–H and O–H groups in total. The van der Waals surface area contributed by atoms with E-state index >= 15 is 0 Å². The van der Waals surface area contributed by atoms with Crippen molar-refractivity contribution in [3.05, 3.63) is 42.0 Å². The minimum Gasteiger partial charge on any atom is -0.289 e. The first kappa shape index (κ1) is 13.8. The zero-order chi connectivity index (χ0) is 13.7. The normalized spacial score (nSPS) is 14.8. The van der Waals surface area contributed by atoms with Crippen LogP contribution in [0.25, 0.3) is 5.57 Å². The second-order valence-electron chi connectivity index (χ2n) is 5.25. The SMILES string of the molecule is C=C(CCCC(=O)NO)c1cccc(C2CCC2)c1. The van der Waals surface area contributed by atoms with Crippen molar-refractivity contribution in [1.29, 1.82) is 0 Å². The molecule has 2 rings (SSSR count). The maximum Gasteiger partial charge on any atom is 0.243 e. The van der Waals surface area contributed by atoms with Crippen molar-refractivity contribution in [1.82, 2.24) is 5.48 Å². The van der Waals surface area contributed by atoms with E-state index in [1.165, 1.54) is 30.4 Å². The van der Waals surface area contributed by atoms with Crippen LogP contribution in [-0.2, 0) is 4.79 Å². The van der Waals surface area contributed by atoms with E-state index in [4.69, 9.17) is 5.21 Å². The summed E-state index contributed by atoms with van der Waals surface area (Å²) in [5.74, 6) is 0.393. The lowest BCUT2D eigenvalue weighted by Gasteiger charge is -2.26. The Morgan fingerprint density at radius 2 is 2.16 bits per heavy atom. The Morgan fingerprint density at radius 1 is 1.37 bits per heavy atom. The standard InChI is InChI=1S/C16H21NO2/c1-12(5-2-10-16(18)17-19)14-8-4-9-15(11-14)13-6-3-7-13/h4,8-9,11,13,19H,1-3,5-7,10H2,(H,17,18). The fourth-order valence-corrected chi connectivity index (χ4v) is 2.42. The van der Waals surface area contributed by atoms with Crippen LogP contribution in [0.3, 0.4) is 0 Å². The molecule has 19 heavy (non-hydrogen) atoms. The Labute approximate surface area is 114 Å². The van der Waals surface area contributed by atoms with Crippen LogP contribution in [0.1, 0.15) is 55.6 Å². The monoisotopic (exact) mass is 259 g/mol. The molecule has 0 saturated heterocycles. The van der Waals surface area contributed by atoms with Gasteiger partial charge in [-0.15, -0.1) is 0 Å². The minimum absolute atomic E-state index is 0.331.